The summed E-state index contributed by atoms with van der Waals surface area (Å²) in [5.41, 5.74) is 3.08. The van der Waals surface area contributed by atoms with Crippen molar-refractivity contribution in [3.05, 3.63) is 68.3 Å². The number of nitro groups is 2. The van der Waals surface area contributed by atoms with Crippen molar-refractivity contribution in [1.82, 2.24) is 4.31 Å². The van der Waals surface area contributed by atoms with Crippen molar-refractivity contribution in [3.8, 4) is 0 Å². The van der Waals surface area contributed by atoms with Crippen molar-refractivity contribution in [2.75, 3.05) is 18.5 Å². The molecule has 12 heteroatoms. The predicted octanol–water partition coefficient (Wildman–Crippen LogP) is 3.37. The minimum Gasteiger partial charge on any atom is -0.271 e. The van der Waals surface area contributed by atoms with Gasteiger partial charge >= 0.3 is 0 Å². The fourth-order valence-electron chi connectivity index (χ4n) is 2.66. The second kappa shape index (κ2) is 9.41. The van der Waals surface area contributed by atoms with E-state index in [9.17, 15) is 28.6 Å². The van der Waals surface area contributed by atoms with Crippen LogP contribution in [0.3, 0.4) is 0 Å². The van der Waals surface area contributed by atoms with Crippen LogP contribution >= 0.6 is 0 Å². The largest absolute Gasteiger partial charge is 0.295 e. The molecule has 0 saturated carbocycles. The molecule has 0 aliphatic carbocycles. The summed E-state index contributed by atoms with van der Waals surface area (Å²) in [7, 11) is -3.85. The number of rotatable bonds is 9. The molecular formula is C18H21N5O6S. The minimum atomic E-state index is -3.85. The van der Waals surface area contributed by atoms with Gasteiger partial charge in [-0.05, 0) is 36.8 Å². The first kappa shape index (κ1) is 22.9. The highest BCUT2D eigenvalue weighted by atomic mass is 32.2. The number of anilines is 1. The summed E-state index contributed by atoms with van der Waals surface area (Å²) in [4.78, 5) is 20.8. The zero-order chi connectivity index (χ0) is 22.5. The molecule has 11 nitrogen and oxygen atoms in total. The van der Waals surface area contributed by atoms with Gasteiger partial charge in [-0.2, -0.15) is 9.41 Å². The van der Waals surface area contributed by atoms with Crippen molar-refractivity contribution < 1.29 is 18.3 Å². The average molecular weight is 435 g/mol. The van der Waals surface area contributed by atoms with Crippen molar-refractivity contribution >= 4 is 32.8 Å². The first-order chi connectivity index (χ1) is 14.1. The smallest absolute Gasteiger partial charge is 0.271 e. The molecule has 2 aromatic carbocycles. The van der Waals surface area contributed by atoms with Crippen molar-refractivity contribution in [3.63, 3.8) is 0 Å². The molecule has 2 rings (SSSR count). The summed E-state index contributed by atoms with van der Waals surface area (Å²) < 4.78 is 26.4. The van der Waals surface area contributed by atoms with Gasteiger partial charge in [0, 0.05) is 31.3 Å². The van der Waals surface area contributed by atoms with E-state index < -0.39 is 25.6 Å². The van der Waals surface area contributed by atoms with Crippen LogP contribution in [0.1, 0.15) is 26.3 Å². The van der Waals surface area contributed by atoms with Crippen molar-refractivity contribution in [1.29, 1.82) is 0 Å². The SMILES string of the molecule is CCN(CC)S(=O)(=O)c1ccc(N/N=C(\C)c2ccc([N+](=O)[O-])cc2)c([N+](=O)[O-])c1. The van der Waals surface area contributed by atoms with E-state index in [4.69, 9.17) is 0 Å². The fraction of sp³-hybridized carbons (Fsp3) is 0.278. The summed E-state index contributed by atoms with van der Waals surface area (Å²) >= 11 is 0. The van der Waals surface area contributed by atoms with Crippen LogP contribution in [0.25, 0.3) is 0 Å². The Morgan fingerprint density at radius 2 is 1.63 bits per heavy atom. The number of benzene rings is 2. The highest BCUT2D eigenvalue weighted by Gasteiger charge is 2.25. The van der Waals surface area contributed by atoms with E-state index in [0.29, 0.717) is 11.3 Å². The lowest BCUT2D eigenvalue weighted by molar-refractivity contribution is -0.384. The maximum atomic E-state index is 12.6. The number of sulfonamides is 1. The molecule has 0 radical (unpaired) electrons. The Morgan fingerprint density at radius 3 is 2.13 bits per heavy atom. The molecule has 30 heavy (non-hydrogen) atoms. The van der Waals surface area contributed by atoms with E-state index in [1.807, 2.05) is 0 Å². The quantitative estimate of drug-likeness (QED) is 0.360. The Hall–Kier alpha value is -3.38. The van der Waals surface area contributed by atoms with Crippen LogP contribution in [0.2, 0.25) is 0 Å². The highest BCUT2D eigenvalue weighted by Crippen LogP contribution is 2.29. The van der Waals surface area contributed by atoms with Crippen LogP contribution in [0.4, 0.5) is 17.1 Å². The lowest BCUT2D eigenvalue weighted by Crippen LogP contribution is -2.30. The number of hydrogen-bond acceptors (Lipinski definition) is 8. The van der Waals surface area contributed by atoms with Gasteiger partial charge in [-0.25, -0.2) is 8.42 Å². The molecule has 0 aliphatic heterocycles. The molecule has 2 aromatic rings. The van der Waals surface area contributed by atoms with Gasteiger partial charge in [-0.3, -0.25) is 25.7 Å². The summed E-state index contributed by atoms with van der Waals surface area (Å²) in [6.45, 7) is 5.47. The Balaban J connectivity index is 2.34. The molecule has 0 spiro atoms. The normalized spacial score (nSPS) is 12.1. The van der Waals surface area contributed by atoms with Gasteiger partial charge in [0.1, 0.15) is 5.69 Å². The Labute approximate surface area is 173 Å². The predicted molar refractivity (Wildman–Crippen MR) is 112 cm³/mol. The minimum absolute atomic E-state index is 0.0137. The molecule has 160 valence electrons. The van der Waals surface area contributed by atoms with Crippen LogP contribution in [0.15, 0.2) is 52.5 Å². The topological polar surface area (TPSA) is 148 Å². The Kier molecular flexibility index (Phi) is 7.19. The molecule has 1 N–H and O–H groups in total. The molecule has 0 aliphatic rings. The van der Waals surface area contributed by atoms with Gasteiger partial charge in [0.25, 0.3) is 11.4 Å². The second-order valence-electron chi connectivity index (χ2n) is 6.14. The molecule has 0 unspecified atom stereocenters. The van der Waals surface area contributed by atoms with Gasteiger partial charge in [0.2, 0.25) is 10.0 Å². The number of non-ortho nitro benzene ring substituents is 1. The van der Waals surface area contributed by atoms with E-state index in [1.54, 1.807) is 20.8 Å². The molecule has 0 saturated heterocycles. The third-order valence-electron chi connectivity index (χ3n) is 4.35. The third kappa shape index (κ3) is 4.96. The molecule has 0 aromatic heterocycles. The highest BCUT2D eigenvalue weighted by molar-refractivity contribution is 7.89. The number of nitrogens with one attached hydrogen (secondary N) is 1. The molecule has 0 bridgehead atoms. The molecule has 0 heterocycles. The number of nitrogens with zero attached hydrogens (tertiary/aromatic N) is 4. The summed E-state index contributed by atoms with van der Waals surface area (Å²) in [5, 5.41) is 26.3. The van der Waals surface area contributed by atoms with E-state index in [1.165, 1.54) is 40.7 Å². The van der Waals surface area contributed by atoms with Crippen LogP contribution < -0.4 is 5.43 Å². The van der Waals surface area contributed by atoms with Gasteiger partial charge < -0.3 is 0 Å². The van der Waals surface area contributed by atoms with Crippen LogP contribution in [0, 0.1) is 20.2 Å². The molecule has 0 atom stereocenters. The Morgan fingerprint density at radius 1 is 1.03 bits per heavy atom. The van der Waals surface area contributed by atoms with Crippen LogP contribution in [-0.4, -0.2) is 41.4 Å². The fourth-order valence-corrected chi connectivity index (χ4v) is 4.14. The van der Waals surface area contributed by atoms with Gasteiger partial charge in [0.15, 0.2) is 0 Å². The van der Waals surface area contributed by atoms with E-state index in [2.05, 4.69) is 10.5 Å². The number of hydrazone groups is 1. The average Bonchev–Trinajstić information content (AvgIpc) is 2.72. The third-order valence-corrected chi connectivity index (χ3v) is 6.39. The van der Waals surface area contributed by atoms with Crippen LogP contribution in [0.5, 0.6) is 0 Å². The standard InChI is InChI=1S/C18H21N5O6S/c1-4-21(5-2)30(28,29)16-10-11-17(18(12-16)23(26)27)20-19-13(3)14-6-8-15(9-7-14)22(24)25/h6-12,20H,4-5H2,1-3H3/b19-13+. The van der Waals surface area contributed by atoms with Gasteiger partial charge in [-0.15, -0.1) is 0 Å². The first-order valence-corrected chi connectivity index (χ1v) is 10.4. The van der Waals surface area contributed by atoms with E-state index >= 15 is 0 Å². The molecule has 0 amide bonds. The number of hydrogen-bond donors (Lipinski definition) is 1. The van der Waals surface area contributed by atoms with E-state index in [0.717, 1.165) is 6.07 Å². The molecular weight excluding hydrogens is 414 g/mol. The second-order valence-corrected chi connectivity index (χ2v) is 8.08. The number of nitro benzene ring substituents is 2. The van der Waals surface area contributed by atoms with Gasteiger partial charge in [0.05, 0.1) is 20.5 Å². The summed E-state index contributed by atoms with van der Waals surface area (Å²) in [6.07, 6.45) is 0. The summed E-state index contributed by atoms with van der Waals surface area (Å²) in [6, 6.07) is 9.21. The summed E-state index contributed by atoms with van der Waals surface area (Å²) in [5.74, 6) is 0. The van der Waals surface area contributed by atoms with Crippen LogP contribution in [-0.2, 0) is 10.0 Å². The first-order valence-electron chi connectivity index (χ1n) is 8.95. The lowest BCUT2D eigenvalue weighted by atomic mass is 10.1. The zero-order valence-electron chi connectivity index (χ0n) is 16.6. The molecule has 0 fully saturated rings. The Bertz CT molecular complexity index is 1080. The maximum Gasteiger partial charge on any atom is 0.295 e. The zero-order valence-corrected chi connectivity index (χ0v) is 17.4. The lowest BCUT2D eigenvalue weighted by Gasteiger charge is -2.18. The van der Waals surface area contributed by atoms with Crippen molar-refractivity contribution in [2.45, 2.75) is 25.7 Å². The van der Waals surface area contributed by atoms with Crippen molar-refractivity contribution in [2.24, 2.45) is 5.10 Å². The van der Waals surface area contributed by atoms with E-state index in [-0.39, 0.29) is 29.4 Å². The van der Waals surface area contributed by atoms with Gasteiger partial charge in [-0.1, -0.05) is 13.8 Å². The maximum absolute atomic E-state index is 12.6. The monoisotopic (exact) mass is 435 g/mol.